The molecule has 3 aromatic rings. The summed E-state index contributed by atoms with van der Waals surface area (Å²) in [4.78, 5) is 4.42. The lowest BCUT2D eigenvalue weighted by atomic mass is 10.0. The third kappa shape index (κ3) is 3.88. The van der Waals surface area contributed by atoms with Crippen LogP contribution in [0.15, 0.2) is 41.6 Å². The maximum atomic E-state index is 13.0. The number of aryl methyl sites for hydroxylation is 3. The minimum Gasteiger partial charge on any atom is -0.246 e. The van der Waals surface area contributed by atoms with Crippen molar-refractivity contribution in [2.75, 3.05) is 4.72 Å². The molecule has 142 valence electrons. The number of rotatable bonds is 5. The molecule has 0 fully saturated rings. The molecule has 0 saturated heterocycles. The number of nitrogens with zero attached hydrogens (tertiary/aromatic N) is 3. The van der Waals surface area contributed by atoms with Crippen LogP contribution in [0, 0.1) is 34.6 Å². The molecule has 7 heteroatoms. The van der Waals surface area contributed by atoms with Crippen molar-refractivity contribution in [3.8, 4) is 0 Å². The first kappa shape index (κ1) is 19.1. The zero-order valence-corrected chi connectivity index (χ0v) is 17.1. The normalized spacial score (nSPS) is 11.6. The van der Waals surface area contributed by atoms with Gasteiger partial charge in [0.05, 0.1) is 11.4 Å². The van der Waals surface area contributed by atoms with E-state index in [0.717, 1.165) is 33.4 Å². The Bertz CT molecular complexity index is 1070. The van der Waals surface area contributed by atoms with E-state index in [0.29, 0.717) is 11.4 Å². The monoisotopic (exact) mass is 384 g/mol. The van der Waals surface area contributed by atoms with Crippen molar-refractivity contribution in [1.29, 1.82) is 0 Å². The molecule has 6 nitrogen and oxygen atoms in total. The van der Waals surface area contributed by atoms with Crippen LogP contribution in [0.1, 0.15) is 33.4 Å². The largest absolute Gasteiger partial charge is 0.264 e. The fourth-order valence-corrected chi connectivity index (χ4v) is 4.70. The highest BCUT2D eigenvalue weighted by Crippen LogP contribution is 2.27. The van der Waals surface area contributed by atoms with E-state index in [1.807, 2.05) is 65.0 Å². The molecule has 2 aromatic carbocycles. The van der Waals surface area contributed by atoms with Gasteiger partial charge in [-0.25, -0.2) is 17.8 Å². The summed E-state index contributed by atoms with van der Waals surface area (Å²) >= 11 is 0. The molecule has 3 rings (SSSR count). The van der Waals surface area contributed by atoms with Crippen LogP contribution in [-0.4, -0.2) is 23.2 Å². The van der Waals surface area contributed by atoms with E-state index in [2.05, 4.69) is 14.8 Å². The molecule has 0 atom stereocenters. The number of nitrogens with one attached hydrogen (secondary N) is 1. The fourth-order valence-electron chi connectivity index (χ4n) is 3.13. The van der Waals surface area contributed by atoms with Crippen LogP contribution in [0.25, 0.3) is 0 Å². The minimum absolute atomic E-state index is 0.0709. The Morgan fingerprint density at radius 1 is 0.963 bits per heavy atom. The molecule has 0 unspecified atom stereocenters. The maximum absolute atomic E-state index is 13.0. The summed E-state index contributed by atoms with van der Waals surface area (Å²) in [6.45, 7) is 10.0. The van der Waals surface area contributed by atoms with Crippen molar-refractivity contribution in [3.63, 3.8) is 0 Å². The highest BCUT2D eigenvalue weighted by molar-refractivity contribution is 7.92. The molecule has 1 N–H and O–H groups in total. The summed E-state index contributed by atoms with van der Waals surface area (Å²) in [5.74, 6) is 0.0709. The average molecular weight is 385 g/mol. The molecular formula is C20H24N4O2S. The van der Waals surface area contributed by atoms with E-state index in [1.54, 1.807) is 4.68 Å². The van der Waals surface area contributed by atoms with Gasteiger partial charge >= 0.3 is 0 Å². The number of hydrogen-bond acceptors (Lipinski definition) is 4. The predicted octanol–water partition coefficient (Wildman–Crippen LogP) is 3.67. The van der Waals surface area contributed by atoms with Gasteiger partial charge in [-0.1, -0.05) is 30.3 Å². The second kappa shape index (κ2) is 7.15. The first-order chi connectivity index (χ1) is 12.7. The van der Waals surface area contributed by atoms with Crippen LogP contribution in [-0.2, 0) is 16.6 Å². The lowest BCUT2D eigenvalue weighted by Crippen LogP contribution is -2.18. The van der Waals surface area contributed by atoms with Crippen molar-refractivity contribution in [3.05, 3.63) is 70.0 Å². The van der Waals surface area contributed by atoms with Gasteiger partial charge < -0.3 is 0 Å². The second-order valence-electron chi connectivity index (χ2n) is 6.89. The molecule has 1 aromatic heterocycles. The number of sulfonamides is 1. The first-order valence-corrected chi connectivity index (χ1v) is 10.2. The molecule has 0 aliphatic rings. The van der Waals surface area contributed by atoms with Crippen molar-refractivity contribution in [2.24, 2.45) is 0 Å². The molecule has 1 heterocycles. The molecule has 0 amide bonds. The predicted molar refractivity (Wildman–Crippen MR) is 107 cm³/mol. The standard InChI is InChI=1S/C20H24N4O2S/c1-13-8-6-7-9-18(13)11-24-12-21-20(22-24)23-27(25,26)19-16(4)14(2)10-15(3)17(19)5/h6-10,12H,11H2,1-5H3,(H,22,23). The molecular weight excluding hydrogens is 360 g/mol. The molecule has 27 heavy (non-hydrogen) atoms. The molecule has 0 saturated carbocycles. The van der Waals surface area contributed by atoms with Gasteiger partial charge in [-0.15, -0.1) is 5.10 Å². The second-order valence-corrected chi connectivity index (χ2v) is 8.51. The number of anilines is 1. The van der Waals surface area contributed by atoms with Crippen LogP contribution < -0.4 is 4.72 Å². The van der Waals surface area contributed by atoms with Crippen LogP contribution in [0.3, 0.4) is 0 Å². The van der Waals surface area contributed by atoms with Gasteiger partial charge in [-0.2, -0.15) is 4.98 Å². The fraction of sp³-hybridized carbons (Fsp3) is 0.300. The van der Waals surface area contributed by atoms with E-state index in [-0.39, 0.29) is 5.95 Å². The molecule has 0 bridgehead atoms. The van der Waals surface area contributed by atoms with E-state index < -0.39 is 10.0 Å². The van der Waals surface area contributed by atoms with E-state index in [9.17, 15) is 8.42 Å². The Kier molecular flexibility index (Phi) is 5.06. The van der Waals surface area contributed by atoms with Gasteiger partial charge in [-0.05, 0) is 68.0 Å². The number of benzene rings is 2. The van der Waals surface area contributed by atoms with Gasteiger partial charge in [0.2, 0.25) is 0 Å². The molecule has 0 spiro atoms. The summed E-state index contributed by atoms with van der Waals surface area (Å²) in [5, 5.41) is 4.28. The van der Waals surface area contributed by atoms with Gasteiger partial charge in [0.15, 0.2) is 0 Å². The smallest absolute Gasteiger partial charge is 0.246 e. The van der Waals surface area contributed by atoms with E-state index in [1.165, 1.54) is 6.33 Å². The highest BCUT2D eigenvalue weighted by Gasteiger charge is 2.23. The molecule has 0 aliphatic heterocycles. The van der Waals surface area contributed by atoms with Gasteiger partial charge in [0, 0.05) is 0 Å². The van der Waals surface area contributed by atoms with Crippen LogP contribution in [0.4, 0.5) is 5.95 Å². The third-order valence-electron chi connectivity index (χ3n) is 4.92. The third-order valence-corrected chi connectivity index (χ3v) is 6.52. The van der Waals surface area contributed by atoms with Crippen LogP contribution in [0.5, 0.6) is 0 Å². The van der Waals surface area contributed by atoms with Gasteiger partial charge in [0.25, 0.3) is 16.0 Å². The average Bonchev–Trinajstić information content (AvgIpc) is 3.01. The summed E-state index contributed by atoms with van der Waals surface area (Å²) in [7, 11) is -3.78. The Balaban J connectivity index is 1.88. The first-order valence-electron chi connectivity index (χ1n) is 8.73. The Morgan fingerprint density at radius 3 is 2.22 bits per heavy atom. The van der Waals surface area contributed by atoms with Gasteiger partial charge in [-0.3, -0.25) is 0 Å². The van der Waals surface area contributed by atoms with E-state index >= 15 is 0 Å². The lowest BCUT2D eigenvalue weighted by Gasteiger charge is -2.15. The Morgan fingerprint density at radius 2 is 1.59 bits per heavy atom. The number of hydrogen-bond donors (Lipinski definition) is 1. The summed E-state index contributed by atoms with van der Waals surface area (Å²) in [5.41, 5.74) is 5.62. The molecule has 0 aliphatic carbocycles. The SMILES string of the molecule is Cc1ccccc1Cn1cnc(NS(=O)(=O)c2c(C)c(C)cc(C)c2C)n1. The van der Waals surface area contributed by atoms with Gasteiger partial charge in [0.1, 0.15) is 6.33 Å². The highest BCUT2D eigenvalue weighted by atomic mass is 32.2. The molecule has 0 radical (unpaired) electrons. The summed E-state index contributed by atoms with van der Waals surface area (Å²) in [6.07, 6.45) is 1.53. The summed E-state index contributed by atoms with van der Waals surface area (Å²) in [6, 6.07) is 9.99. The van der Waals surface area contributed by atoms with Crippen molar-refractivity contribution in [1.82, 2.24) is 14.8 Å². The van der Waals surface area contributed by atoms with Crippen molar-refractivity contribution in [2.45, 2.75) is 46.1 Å². The lowest BCUT2D eigenvalue weighted by molar-refractivity contribution is 0.599. The minimum atomic E-state index is -3.78. The van der Waals surface area contributed by atoms with Crippen molar-refractivity contribution < 1.29 is 8.42 Å². The van der Waals surface area contributed by atoms with E-state index in [4.69, 9.17) is 0 Å². The quantitative estimate of drug-likeness (QED) is 0.728. The maximum Gasteiger partial charge on any atom is 0.264 e. The zero-order chi connectivity index (χ0) is 19.8. The summed E-state index contributed by atoms with van der Waals surface area (Å²) < 4.78 is 30.1. The van der Waals surface area contributed by atoms with Crippen LogP contribution >= 0.6 is 0 Å². The topological polar surface area (TPSA) is 76.9 Å². The Hall–Kier alpha value is -2.67. The van der Waals surface area contributed by atoms with Crippen molar-refractivity contribution >= 4 is 16.0 Å². The Labute approximate surface area is 160 Å². The zero-order valence-electron chi connectivity index (χ0n) is 16.2. The number of aromatic nitrogens is 3. The van der Waals surface area contributed by atoms with Crippen LogP contribution in [0.2, 0.25) is 0 Å².